The number of anilines is 2. The van der Waals surface area contributed by atoms with Crippen LogP contribution in [0.1, 0.15) is 36.1 Å². The molecular formula is C19H24F3N5O2. The minimum Gasteiger partial charge on any atom is -0.390 e. The molecular weight excluding hydrogens is 387 g/mol. The second-order valence-corrected chi connectivity index (χ2v) is 6.78. The van der Waals surface area contributed by atoms with Crippen molar-refractivity contribution in [3.05, 3.63) is 51.3 Å². The summed E-state index contributed by atoms with van der Waals surface area (Å²) >= 11 is 0. The Labute approximate surface area is 166 Å². The normalized spacial score (nSPS) is 12.5. The van der Waals surface area contributed by atoms with Crippen LogP contribution in [0.5, 0.6) is 0 Å². The van der Waals surface area contributed by atoms with Gasteiger partial charge < -0.3 is 20.7 Å². The zero-order valence-electron chi connectivity index (χ0n) is 16.4. The van der Waals surface area contributed by atoms with E-state index in [1.165, 1.54) is 12.1 Å². The molecule has 0 saturated heterocycles. The van der Waals surface area contributed by atoms with Crippen LogP contribution in [0.3, 0.4) is 0 Å². The van der Waals surface area contributed by atoms with Gasteiger partial charge in [-0.1, -0.05) is 31.2 Å². The van der Waals surface area contributed by atoms with Gasteiger partial charge in [-0.25, -0.2) is 0 Å². The van der Waals surface area contributed by atoms with Gasteiger partial charge in [-0.15, -0.1) is 0 Å². The second-order valence-electron chi connectivity index (χ2n) is 6.78. The van der Waals surface area contributed by atoms with E-state index >= 15 is 0 Å². The van der Waals surface area contributed by atoms with Crippen LogP contribution in [0, 0.1) is 5.41 Å². The summed E-state index contributed by atoms with van der Waals surface area (Å²) in [6.45, 7) is 1.24. The number of hydrogen-bond acceptors (Lipinski definition) is 6. The van der Waals surface area contributed by atoms with Crippen molar-refractivity contribution in [2.75, 3.05) is 30.9 Å². The number of aliphatic hydroxyl groups excluding tert-OH is 1. The van der Waals surface area contributed by atoms with E-state index in [1.54, 1.807) is 31.1 Å². The number of nitrogens with one attached hydrogen (secondary N) is 3. The number of hydrogen-bond donors (Lipinski definition) is 4. The Morgan fingerprint density at radius 2 is 1.93 bits per heavy atom. The molecule has 0 saturated carbocycles. The maximum Gasteiger partial charge on any atom is 0.393 e. The molecule has 0 fully saturated rings. The number of rotatable bonds is 8. The topological polar surface area (TPSA) is 105 Å². The smallest absolute Gasteiger partial charge is 0.390 e. The monoisotopic (exact) mass is 411 g/mol. The van der Waals surface area contributed by atoms with Crippen molar-refractivity contribution in [3.8, 4) is 0 Å². The quantitative estimate of drug-likeness (QED) is 0.500. The molecule has 29 heavy (non-hydrogen) atoms. The zero-order chi connectivity index (χ0) is 21.8. The van der Waals surface area contributed by atoms with E-state index in [0.29, 0.717) is 12.0 Å². The van der Waals surface area contributed by atoms with Gasteiger partial charge in [0.1, 0.15) is 11.4 Å². The molecule has 0 aliphatic heterocycles. The van der Waals surface area contributed by atoms with Crippen LogP contribution in [0.4, 0.5) is 24.9 Å². The van der Waals surface area contributed by atoms with Gasteiger partial charge in [0.2, 0.25) is 5.95 Å². The highest BCUT2D eigenvalue weighted by Gasteiger charge is 2.27. The fourth-order valence-electron chi connectivity index (χ4n) is 2.82. The average molecular weight is 411 g/mol. The third-order valence-corrected chi connectivity index (χ3v) is 4.30. The van der Waals surface area contributed by atoms with E-state index < -0.39 is 24.8 Å². The highest BCUT2D eigenvalue weighted by Crippen LogP contribution is 2.26. The minimum absolute atomic E-state index is 0.0785. The van der Waals surface area contributed by atoms with E-state index in [-0.39, 0.29) is 34.6 Å². The molecule has 0 radical (unpaired) electrons. The molecule has 1 aromatic carbocycles. The van der Waals surface area contributed by atoms with Crippen LogP contribution < -0.4 is 15.8 Å². The van der Waals surface area contributed by atoms with Gasteiger partial charge in [0.25, 0.3) is 5.56 Å². The highest BCUT2D eigenvalue weighted by molar-refractivity contribution is 6.02. The summed E-state index contributed by atoms with van der Waals surface area (Å²) in [7, 11) is 3.38. The molecule has 2 rings (SSSR count). The fraction of sp³-hybridized carbons (Fsp3) is 0.421. The van der Waals surface area contributed by atoms with Crippen LogP contribution >= 0.6 is 0 Å². The van der Waals surface area contributed by atoms with Crippen molar-refractivity contribution in [1.82, 2.24) is 9.97 Å². The van der Waals surface area contributed by atoms with Crippen molar-refractivity contribution in [1.29, 1.82) is 5.41 Å². The zero-order valence-corrected chi connectivity index (χ0v) is 16.4. The number of benzene rings is 1. The lowest BCUT2D eigenvalue weighted by atomic mass is 10.0. The van der Waals surface area contributed by atoms with Gasteiger partial charge in [0.15, 0.2) is 0 Å². The summed E-state index contributed by atoms with van der Waals surface area (Å²) < 4.78 is 37.7. The second kappa shape index (κ2) is 9.08. The molecule has 1 aromatic heterocycles. The van der Waals surface area contributed by atoms with Crippen molar-refractivity contribution in [2.24, 2.45) is 0 Å². The number of H-pyrrole nitrogens is 1. The predicted octanol–water partition coefficient (Wildman–Crippen LogP) is 2.86. The van der Waals surface area contributed by atoms with Gasteiger partial charge in [0, 0.05) is 14.1 Å². The summed E-state index contributed by atoms with van der Waals surface area (Å²) in [4.78, 5) is 20.9. The minimum atomic E-state index is -4.28. The molecule has 0 aliphatic rings. The highest BCUT2D eigenvalue weighted by atomic mass is 19.4. The van der Waals surface area contributed by atoms with Crippen molar-refractivity contribution in [2.45, 2.75) is 32.0 Å². The van der Waals surface area contributed by atoms with Crippen LogP contribution in [0.25, 0.3) is 0 Å². The van der Waals surface area contributed by atoms with Gasteiger partial charge in [-0.2, -0.15) is 18.2 Å². The molecule has 7 nitrogen and oxygen atoms in total. The van der Waals surface area contributed by atoms with E-state index in [4.69, 9.17) is 5.41 Å². The number of halogens is 3. The first kappa shape index (κ1) is 22.4. The SMILES string of the molecule is CCC(Nc1nc(N(C)C)[nH]c(=O)c1C(=N)CO)c1ccc(CC(F)(F)F)cc1. The maximum absolute atomic E-state index is 12.6. The Bertz CT molecular complexity index is 908. The standard InChI is InChI=1S/C19H24F3N5O2/c1-4-14(12-7-5-11(6-8-12)9-19(20,21)22)24-16-15(13(23)10-28)17(29)26-18(25-16)27(2)3/h5-8,14,23,28H,4,9-10H2,1-3H3,(H2,24,25,26,29). The van der Waals surface area contributed by atoms with E-state index in [0.717, 1.165) is 0 Å². The third kappa shape index (κ3) is 5.80. The fourth-order valence-corrected chi connectivity index (χ4v) is 2.82. The maximum atomic E-state index is 12.6. The number of aliphatic hydroxyl groups is 1. The van der Waals surface area contributed by atoms with Gasteiger partial charge in [0.05, 0.1) is 24.8 Å². The van der Waals surface area contributed by atoms with Crippen LogP contribution in [-0.4, -0.2) is 47.7 Å². The molecule has 1 unspecified atom stereocenters. The van der Waals surface area contributed by atoms with Gasteiger partial charge >= 0.3 is 6.18 Å². The number of aromatic amines is 1. The van der Waals surface area contributed by atoms with Gasteiger partial charge in [-0.3, -0.25) is 9.78 Å². The molecule has 0 bridgehead atoms. The van der Waals surface area contributed by atoms with Crippen molar-refractivity contribution in [3.63, 3.8) is 0 Å². The predicted molar refractivity (Wildman–Crippen MR) is 106 cm³/mol. The van der Waals surface area contributed by atoms with Crippen LogP contribution in [-0.2, 0) is 6.42 Å². The summed E-state index contributed by atoms with van der Waals surface area (Å²) in [6.07, 6.45) is -4.73. The number of aromatic nitrogens is 2. The summed E-state index contributed by atoms with van der Waals surface area (Å²) in [6, 6.07) is 5.67. The Morgan fingerprint density at radius 3 is 2.41 bits per heavy atom. The Morgan fingerprint density at radius 1 is 1.31 bits per heavy atom. The van der Waals surface area contributed by atoms with E-state index in [2.05, 4.69) is 15.3 Å². The average Bonchev–Trinajstić information content (AvgIpc) is 2.64. The number of nitrogens with zero attached hydrogens (tertiary/aromatic N) is 2. The first-order chi connectivity index (χ1) is 13.6. The first-order valence-electron chi connectivity index (χ1n) is 8.98. The summed E-state index contributed by atoms with van der Waals surface area (Å²) in [5.41, 5.74) is -0.0655. The molecule has 1 atom stereocenters. The Balaban J connectivity index is 2.39. The summed E-state index contributed by atoms with van der Waals surface area (Å²) in [5.74, 6) is 0.394. The lowest BCUT2D eigenvalue weighted by Gasteiger charge is -2.22. The lowest BCUT2D eigenvalue weighted by molar-refractivity contribution is -0.127. The Hall–Kier alpha value is -2.88. The molecule has 1 heterocycles. The molecule has 10 heteroatoms. The van der Waals surface area contributed by atoms with Crippen LogP contribution in [0.15, 0.2) is 29.1 Å². The van der Waals surface area contributed by atoms with Crippen LogP contribution in [0.2, 0.25) is 0 Å². The molecule has 158 valence electrons. The van der Waals surface area contributed by atoms with Gasteiger partial charge in [-0.05, 0) is 17.5 Å². The lowest BCUT2D eigenvalue weighted by Crippen LogP contribution is -2.28. The van der Waals surface area contributed by atoms with Crippen molar-refractivity contribution >= 4 is 17.5 Å². The molecule has 0 spiro atoms. The Kier molecular flexibility index (Phi) is 7.02. The molecule has 4 N–H and O–H groups in total. The van der Waals surface area contributed by atoms with E-state index in [9.17, 15) is 23.1 Å². The van der Waals surface area contributed by atoms with Crippen molar-refractivity contribution < 1.29 is 18.3 Å². The third-order valence-electron chi connectivity index (χ3n) is 4.30. The molecule has 0 aliphatic carbocycles. The van der Waals surface area contributed by atoms with E-state index in [1.807, 2.05) is 6.92 Å². The number of alkyl halides is 3. The summed E-state index contributed by atoms with van der Waals surface area (Å²) in [5, 5.41) is 20.3. The molecule has 2 aromatic rings. The molecule has 0 amide bonds. The first-order valence-corrected chi connectivity index (χ1v) is 8.98. The largest absolute Gasteiger partial charge is 0.393 e.